The molecule has 2 aromatic carbocycles. The zero-order valence-electron chi connectivity index (χ0n) is 15.2. The molecule has 2 aromatic rings. The average Bonchev–Trinajstić information content (AvgIpc) is 2.66. The summed E-state index contributed by atoms with van der Waals surface area (Å²) >= 11 is 0.375. The van der Waals surface area contributed by atoms with Crippen LogP contribution in [0, 0.1) is 6.92 Å². The lowest BCUT2D eigenvalue weighted by Gasteiger charge is -2.09. The fourth-order valence-corrected chi connectivity index (χ4v) is 3.54. The molecular weight excluding hydrogens is 426 g/mol. The van der Waals surface area contributed by atoms with E-state index in [-0.39, 0.29) is 4.90 Å². The molecule has 29 heavy (non-hydrogen) atoms. The summed E-state index contributed by atoms with van der Waals surface area (Å²) in [6.07, 6.45) is 0. The fraction of sp³-hybridized carbons (Fsp3) is 0.222. The summed E-state index contributed by atoms with van der Waals surface area (Å²) < 4.78 is 55.5. The van der Waals surface area contributed by atoms with Crippen LogP contribution in [0.1, 0.15) is 5.56 Å². The van der Waals surface area contributed by atoms with E-state index in [1.807, 2.05) is 6.92 Å². The first-order valence-corrected chi connectivity index (χ1v) is 10.6. The third-order valence-electron chi connectivity index (χ3n) is 3.47. The number of nitrogens with one attached hydrogen (secondary N) is 2. The molecule has 11 heteroatoms. The maximum Gasteiger partial charge on any atom is 0.321 e. The normalized spacial score (nSPS) is 11.3. The number of ether oxygens (including phenoxy) is 1. The maximum atomic E-state index is 12.3. The number of rotatable bonds is 9. The van der Waals surface area contributed by atoms with Crippen LogP contribution in [0.15, 0.2) is 58.3 Å². The Balaban J connectivity index is 1.77. The van der Waals surface area contributed by atoms with Gasteiger partial charge in [-0.15, -0.1) is 0 Å². The van der Waals surface area contributed by atoms with Crippen LogP contribution in [0.25, 0.3) is 0 Å². The van der Waals surface area contributed by atoms with Crippen molar-refractivity contribution in [3.05, 3.63) is 54.1 Å². The first-order chi connectivity index (χ1) is 13.7. The van der Waals surface area contributed by atoms with Gasteiger partial charge in [-0.05, 0) is 43.3 Å². The molecule has 7 nitrogen and oxygen atoms in total. The molecule has 0 spiro atoms. The Bertz CT molecular complexity index is 949. The van der Waals surface area contributed by atoms with E-state index < -0.39 is 40.8 Å². The van der Waals surface area contributed by atoms with Crippen molar-refractivity contribution in [3.63, 3.8) is 0 Å². The van der Waals surface area contributed by atoms with E-state index in [2.05, 4.69) is 10.0 Å². The Morgan fingerprint density at radius 1 is 1.07 bits per heavy atom. The Hall–Kier alpha value is -2.50. The van der Waals surface area contributed by atoms with Gasteiger partial charge in [-0.25, -0.2) is 8.42 Å². The van der Waals surface area contributed by atoms with Crippen LogP contribution >= 0.6 is 11.8 Å². The lowest BCUT2D eigenvalue weighted by Crippen LogP contribution is -2.32. The summed E-state index contributed by atoms with van der Waals surface area (Å²) in [5, 5.41) is 2.43. The van der Waals surface area contributed by atoms with Crippen molar-refractivity contribution in [3.8, 4) is 0 Å². The lowest BCUT2D eigenvalue weighted by atomic mass is 10.2. The van der Waals surface area contributed by atoms with Gasteiger partial charge in [0.15, 0.2) is 6.61 Å². The molecule has 0 aliphatic heterocycles. The van der Waals surface area contributed by atoms with Gasteiger partial charge in [-0.2, -0.15) is 13.5 Å². The molecule has 0 saturated heterocycles. The monoisotopic (exact) mass is 444 g/mol. The molecule has 0 unspecified atom stereocenters. The summed E-state index contributed by atoms with van der Waals surface area (Å²) in [5.41, 5.74) is 1.22. The van der Waals surface area contributed by atoms with Gasteiger partial charge in [-0.3, -0.25) is 9.59 Å². The Morgan fingerprint density at radius 2 is 1.69 bits per heavy atom. The SMILES string of the molecule is Cc1ccc(S(=O)(=O)NCC(=O)OCC(=O)Nc2ccc(SC(F)F)cc2)cc1. The number of amides is 1. The Morgan fingerprint density at radius 3 is 2.28 bits per heavy atom. The van der Waals surface area contributed by atoms with Crippen molar-refractivity contribution in [1.29, 1.82) is 0 Å². The van der Waals surface area contributed by atoms with Gasteiger partial charge >= 0.3 is 5.97 Å². The van der Waals surface area contributed by atoms with E-state index in [9.17, 15) is 26.8 Å². The van der Waals surface area contributed by atoms with Crippen LogP contribution in [-0.2, 0) is 24.3 Å². The van der Waals surface area contributed by atoms with Crippen LogP contribution in [0.3, 0.4) is 0 Å². The second-order valence-electron chi connectivity index (χ2n) is 5.75. The number of alkyl halides is 2. The molecular formula is C18H18F2N2O5S2. The zero-order valence-corrected chi connectivity index (χ0v) is 16.9. The minimum atomic E-state index is -3.88. The van der Waals surface area contributed by atoms with Crippen molar-refractivity contribution >= 4 is 39.3 Å². The number of aryl methyl sites for hydroxylation is 1. The van der Waals surface area contributed by atoms with Crippen LogP contribution in [0.5, 0.6) is 0 Å². The summed E-state index contributed by atoms with van der Waals surface area (Å²) in [4.78, 5) is 23.8. The minimum Gasteiger partial charge on any atom is -0.455 e. The Kier molecular flexibility index (Phi) is 8.11. The number of sulfonamides is 1. The van der Waals surface area contributed by atoms with Gasteiger partial charge < -0.3 is 10.1 Å². The first-order valence-electron chi connectivity index (χ1n) is 8.22. The predicted octanol–water partition coefficient (Wildman–Crippen LogP) is 2.77. The molecule has 2 N–H and O–H groups in total. The highest BCUT2D eigenvalue weighted by Crippen LogP contribution is 2.26. The van der Waals surface area contributed by atoms with E-state index in [0.29, 0.717) is 22.3 Å². The van der Waals surface area contributed by atoms with E-state index in [0.717, 1.165) is 5.56 Å². The molecule has 0 aromatic heterocycles. The number of carbonyl (C=O) groups excluding carboxylic acids is 2. The van der Waals surface area contributed by atoms with Crippen molar-refractivity contribution in [2.45, 2.75) is 22.5 Å². The quantitative estimate of drug-likeness (QED) is 0.456. The van der Waals surface area contributed by atoms with E-state index in [4.69, 9.17) is 4.74 Å². The highest BCUT2D eigenvalue weighted by Gasteiger charge is 2.16. The summed E-state index contributed by atoms with van der Waals surface area (Å²) in [5.74, 6) is -4.13. The standard InChI is InChI=1S/C18H18F2N2O5S2/c1-12-2-8-15(9-3-12)29(25,26)21-10-17(24)27-11-16(23)22-13-4-6-14(7-5-13)28-18(19)20/h2-9,18,21H,10-11H2,1H3,(H,22,23). The van der Waals surface area contributed by atoms with Gasteiger partial charge in [-0.1, -0.05) is 29.5 Å². The lowest BCUT2D eigenvalue weighted by molar-refractivity contribution is -0.146. The number of esters is 1. The van der Waals surface area contributed by atoms with Crippen LogP contribution in [0.4, 0.5) is 14.5 Å². The van der Waals surface area contributed by atoms with Gasteiger partial charge in [0.2, 0.25) is 10.0 Å². The topological polar surface area (TPSA) is 102 Å². The van der Waals surface area contributed by atoms with E-state index >= 15 is 0 Å². The molecule has 0 aliphatic rings. The van der Waals surface area contributed by atoms with E-state index in [1.165, 1.54) is 36.4 Å². The molecule has 0 fully saturated rings. The summed E-state index contributed by atoms with van der Waals surface area (Å²) in [6.45, 7) is 0.546. The van der Waals surface area contributed by atoms with Crippen LogP contribution in [0.2, 0.25) is 0 Å². The van der Waals surface area contributed by atoms with Crippen LogP contribution in [-0.4, -0.2) is 39.2 Å². The number of benzene rings is 2. The minimum absolute atomic E-state index is 0.00194. The molecule has 2 rings (SSSR count). The number of halogens is 2. The average molecular weight is 444 g/mol. The predicted molar refractivity (Wildman–Crippen MR) is 104 cm³/mol. The number of hydrogen-bond acceptors (Lipinski definition) is 6. The highest BCUT2D eigenvalue weighted by molar-refractivity contribution is 7.99. The van der Waals surface area contributed by atoms with E-state index in [1.54, 1.807) is 12.1 Å². The number of thioether (sulfide) groups is 1. The van der Waals surface area contributed by atoms with Crippen molar-refractivity contribution in [2.24, 2.45) is 0 Å². The van der Waals surface area contributed by atoms with Gasteiger partial charge in [0.25, 0.3) is 11.7 Å². The highest BCUT2D eigenvalue weighted by atomic mass is 32.2. The molecule has 0 atom stereocenters. The summed E-state index contributed by atoms with van der Waals surface area (Å²) in [7, 11) is -3.88. The molecule has 156 valence electrons. The molecule has 0 bridgehead atoms. The van der Waals surface area contributed by atoms with Gasteiger partial charge in [0.05, 0.1) is 4.90 Å². The summed E-state index contributed by atoms with van der Waals surface area (Å²) in [6, 6.07) is 11.7. The third kappa shape index (κ3) is 7.80. The molecule has 0 aliphatic carbocycles. The van der Waals surface area contributed by atoms with Crippen molar-refractivity contribution in [2.75, 3.05) is 18.5 Å². The second kappa shape index (κ2) is 10.3. The molecule has 1 amide bonds. The zero-order chi connectivity index (χ0) is 21.4. The van der Waals surface area contributed by atoms with Gasteiger partial charge in [0.1, 0.15) is 6.54 Å². The smallest absolute Gasteiger partial charge is 0.321 e. The Labute approximate surface area is 170 Å². The first kappa shape index (κ1) is 22.8. The number of hydrogen-bond donors (Lipinski definition) is 2. The largest absolute Gasteiger partial charge is 0.455 e. The second-order valence-corrected chi connectivity index (χ2v) is 8.58. The number of anilines is 1. The molecule has 0 heterocycles. The number of carbonyl (C=O) groups is 2. The van der Waals surface area contributed by atoms with Crippen LogP contribution < -0.4 is 10.0 Å². The molecule has 0 radical (unpaired) electrons. The van der Waals surface area contributed by atoms with Crippen molar-refractivity contribution < 1.29 is 31.5 Å². The fourth-order valence-electron chi connectivity index (χ4n) is 2.07. The van der Waals surface area contributed by atoms with Crippen molar-refractivity contribution in [1.82, 2.24) is 4.72 Å². The molecule has 0 saturated carbocycles. The third-order valence-corrected chi connectivity index (χ3v) is 5.60. The maximum absolute atomic E-state index is 12.3. The van der Waals surface area contributed by atoms with Gasteiger partial charge in [0, 0.05) is 10.6 Å².